The quantitative estimate of drug-likeness (QED) is 0.776. The summed E-state index contributed by atoms with van der Waals surface area (Å²) in [5, 5.41) is 12.8. The summed E-state index contributed by atoms with van der Waals surface area (Å²) < 4.78 is 1.83. The molecule has 0 bridgehead atoms. The normalized spacial score (nSPS) is 21.2. The van der Waals surface area contributed by atoms with Crippen LogP contribution in [0.15, 0.2) is 61.1 Å². The summed E-state index contributed by atoms with van der Waals surface area (Å²) in [7, 11) is 0. The maximum absolute atomic E-state index is 12.7. The lowest BCUT2D eigenvalue weighted by molar-refractivity contribution is 0.0235. The Bertz CT molecular complexity index is 853. The molecule has 0 saturated heterocycles. The molecule has 3 aromatic rings. The van der Waals surface area contributed by atoms with Crippen LogP contribution in [0.25, 0.3) is 5.65 Å². The van der Waals surface area contributed by atoms with Crippen LogP contribution in [0.3, 0.4) is 0 Å². The number of rotatable bonds is 4. The Labute approximate surface area is 140 Å². The summed E-state index contributed by atoms with van der Waals surface area (Å²) in [6.07, 6.45) is 6.51. The van der Waals surface area contributed by atoms with Gasteiger partial charge in [-0.3, -0.25) is 4.79 Å². The summed E-state index contributed by atoms with van der Waals surface area (Å²) >= 11 is 0. The molecule has 1 aromatic carbocycles. The lowest BCUT2D eigenvalue weighted by Gasteiger charge is -2.38. The highest BCUT2D eigenvalue weighted by Gasteiger charge is 2.35. The minimum Gasteiger partial charge on any atom is -0.393 e. The monoisotopic (exact) mass is 321 g/mol. The molecule has 0 unspecified atom stereocenters. The highest BCUT2D eigenvalue weighted by molar-refractivity contribution is 5.94. The first kappa shape index (κ1) is 14.9. The summed E-state index contributed by atoms with van der Waals surface area (Å²) in [5.41, 5.74) is 2.49. The molecule has 2 heterocycles. The first-order valence-corrected chi connectivity index (χ1v) is 8.17. The van der Waals surface area contributed by atoms with Crippen molar-refractivity contribution in [3.63, 3.8) is 0 Å². The SMILES string of the molecule is O=C(N[C@@H](c1ccccc1)C1CC(O)C1)c1ccc2nccn2c1. The number of amides is 1. The van der Waals surface area contributed by atoms with Gasteiger partial charge in [0, 0.05) is 18.6 Å². The average Bonchev–Trinajstić information content (AvgIpc) is 3.05. The van der Waals surface area contributed by atoms with Crippen molar-refractivity contribution in [1.82, 2.24) is 14.7 Å². The number of pyridine rings is 1. The van der Waals surface area contributed by atoms with Gasteiger partial charge in [0.1, 0.15) is 5.65 Å². The number of imidazole rings is 1. The van der Waals surface area contributed by atoms with E-state index in [-0.39, 0.29) is 24.0 Å². The zero-order chi connectivity index (χ0) is 16.5. The first-order chi connectivity index (χ1) is 11.7. The summed E-state index contributed by atoms with van der Waals surface area (Å²) in [6, 6.07) is 13.5. The number of carbonyl (C=O) groups excluding carboxylic acids is 1. The van der Waals surface area contributed by atoms with E-state index in [0.717, 1.165) is 24.1 Å². The van der Waals surface area contributed by atoms with Crippen LogP contribution in [0.5, 0.6) is 0 Å². The third-order valence-corrected chi connectivity index (χ3v) is 4.72. The first-order valence-electron chi connectivity index (χ1n) is 8.17. The van der Waals surface area contributed by atoms with Gasteiger partial charge in [-0.2, -0.15) is 0 Å². The van der Waals surface area contributed by atoms with Crippen molar-refractivity contribution in [2.75, 3.05) is 0 Å². The third-order valence-electron chi connectivity index (χ3n) is 4.72. The van der Waals surface area contributed by atoms with Crippen molar-refractivity contribution in [2.24, 2.45) is 5.92 Å². The predicted molar refractivity (Wildman–Crippen MR) is 90.6 cm³/mol. The second kappa shape index (κ2) is 6.09. The molecule has 1 atom stereocenters. The zero-order valence-electron chi connectivity index (χ0n) is 13.2. The molecule has 2 aromatic heterocycles. The Morgan fingerprint density at radius 2 is 2.00 bits per heavy atom. The number of nitrogens with one attached hydrogen (secondary N) is 1. The molecule has 1 saturated carbocycles. The maximum Gasteiger partial charge on any atom is 0.253 e. The highest BCUT2D eigenvalue weighted by atomic mass is 16.3. The number of aliphatic hydroxyl groups excluding tert-OH is 1. The van der Waals surface area contributed by atoms with Crippen LogP contribution < -0.4 is 5.32 Å². The molecule has 1 aliphatic carbocycles. The van der Waals surface area contributed by atoms with Gasteiger partial charge >= 0.3 is 0 Å². The molecule has 0 spiro atoms. The second-order valence-corrected chi connectivity index (χ2v) is 6.36. The van der Waals surface area contributed by atoms with Crippen molar-refractivity contribution in [3.05, 3.63) is 72.2 Å². The van der Waals surface area contributed by atoms with Crippen molar-refractivity contribution in [1.29, 1.82) is 0 Å². The number of nitrogens with zero attached hydrogens (tertiary/aromatic N) is 2. The molecule has 1 fully saturated rings. The Hall–Kier alpha value is -2.66. The van der Waals surface area contributed by atoms with Crippen LogP contribution in [0, 0.1) is 5.92 Å². The van der Waals surface area contributed by atoms with Gasteiger partial charge in [-0.1, -0.05) is 30.3 Å². The van der Waals surface area contributed by atoms with Crippen LogP contribution in [0.1, 0.15) is 34.8 Å². The molecule has 5 nitrogen and oxygen atoms in total. The molecule has 4 rings (SSSR count). The fraction of sp³-hybridized carbons (Fsp3) is 0.263. The Morgan fingerprint density at radius 1 is 1.21 bits per heavy atom. The Morgan fingerprint density at radius 3 is 2.75 bits per heavy atom. The Kier molecular flexibility index (Phi) is 3.78. The highest BCUT2D eigenvalue weighted by Crippen LogP contribution is 2.38. The van der Waals surface area contributed by atoms with Gasteiger partial charge in [0.2, 0.25) is 0 Å². The van der Waals surface area contributed by atoms with E-state index in [1.165, 1.54) is 0 Å². The van der Waals surface area contributed by atoms with Gasteiger partial charge in [0.15, 0.2) is 0 Å². The molecule has 122 valence electrons. The van der Waals surface area contributed by atoms with E-state index in [1.807, 2.05) is 47.0 Å². The van der Waals surface area contributed by atoms with Crippen LogP contribution in [0.2, 0.25) is 0 Å². The fourth-order valence-corrected chi connectivity index (χ4v) is 3.31. The number of aromatic nitrogens is 2. The van der Waals surface area contributed by atoms with Gasteiger partial charge in [-0.25, -0.2) is 4.98 Å². The molecule has 24 heavy (non-hydrogen) atoms. The van der Waals surface area contributed by atoms with E-state index in [4.69, 9.17) is 0 Å². The van der Waals surface area contributed by atoms with Gasteiger partial charge in [0.05, 0.1) is 17.7 Å². The number of hydrogen-bond donors (Lipinski definition) is 2. The fourth-order valence-electron chi connectivity index (χ4n) is 3.31. The molecule has 5 heteroatoms. The van der Waals surface area contributed by atoms with Crippen molar-refractivity contribution in [3.8, 4) is 0 Å². The van der Waals surface area contributed by atoms with Crippen molar-refractivity contribution < 1.29 is 9.90 Å². The van der Waals surface area contributed by atoms with Crippen LogP contribution in [0.4, 0.5) is 0 Å². The number of aliphatic hydroxyl groups is 1. The molecular formula is C19H19N3O2. The van der Waals surface area contributed by atoms with Gasteiger partial charge in [-0.15, -0.1) is 0 Å². The summed E-state index contributed by atoms with van der Waals surface area (Å²) in [6.45, 7) is 0. The molecule has 2 N–H and O–H groups in total. The van der Waals surface area contributed by atoms with E-state index in [1.54, 1.807) is 18.5 Å². The molecule has 0 radical (unpaired) electrons. The summed E-state index contributed by atoms with van der Waals surface area (Å²) in [5.74, 6) is 0.157. The largest absolute Gasteiger partial charge is 0.393 e. The number of carbonyl (C=O) groups is 1. The predicted octanol–water partition coefficient (Wildman–Crippen LogP) is 2.58. The van der Waals surface area contributed by atoms with E-state index in [0.29, 0.717) is 5.56 Å². The number of benzene rings is 1. The smallest absolute Gasteiger partial charge is 0.253 e. The van der Waals surface area contributed by atoms with Crippen LogP contribution in [-0.4, -0.2) is 26.5 Å². The minimum absolute atomic E-state index is 0.0828. The number of hydrogen-bond acceptors (Lipinski definition) is 3. The van der Waals surface area contributed by atoms with Gasteiger partial charge in [0.25, 0.3) is 5.91 Å². The van der Waals surface area contributed by atoms with E-state index in [9.17, 15) is 9.90 Å². The Balaban J connectivity index is 1.58. The topological polar surface area (TPSA) is 66.6 Å². The third kappa shape index (κ3) is 2.78. The molecule has 1 amide bonds. The number of fused-ring (bicyclic) bond motifs is 1. The second-order valence-electron chi connectivity index (χ2n) is 6.36. The molecular weight excluding hydrogens is 302 g/mol. The zero-order valence-corrected chi connectivity index (χ0v) is 13.2. The maximum atomic E-state index is 12.7. The van der Waals surface area contributed by atoms with Gasteiger partial charge in [-0.05, 0) is 36.5 Å². The lowest BCUT2D eigenvalue weighted by Crippen LogP contribution is -2.41. The van der Waals surface area contributed by atoms with Crippen molar-refractivity contribution >= 4 is 11.6 Å². The summed E-state index contributed by atoms with van der Waals surface area (Å²) in [4.78, 5) is 16.9. The van der Waals surface area contributed by atoms with E-state index < -0.39 is 0 Å². The molecule has 0 aliphatic heterocycles. The minimum atomic E-state index is -0.250. The average molecular weight is 321 g/mol. The van der Waals surface area contributed by atoms with Crippen LogP contribution >= 0.6 is 0 Å². The van der Waals surface area contributed by atoms with E-state index in [2.05, 4.69) is 10.3 Å². The molecule has 1 aliphatic rings. The van der Waals surface area contributed by atoms with Crippen molar-refractivity contribution in [2.45, 2.75) is 25.0 Å². The standard InChI is InChI=1S/C19H19N3O2/c23-16-10-15(11-16)18(13-4-2-1-3-5-13)21-19(24)14-6-7-17-20-8-9-22(17)12-14/h1-9,12,15-16,18,23H,10-11H2,(H,21,24)/t15?,16?,18-/m0/s1. The van der Waals surface area contributed by atoms with Crippen LogP contribution in [-0.2, 0) is 0 Å². The van der Waals surface area contributed by atoms with Gasteiger partial charge < -0.3 is 14.8 Å². The lowest BCUT2D eigenvalue weighted by atomic mass is 9.75. The van der Waals surface area contributed by atoms with E-state index >= 15 is 0 Å².